The number of Topliss-reactive ketones (excluding diaryl/α,β-unsaturated/α-hetero) is 1. The Morgan fingerprint density at radius 2 is 1.74 bits per heavy atom. The summed E-state index contributed by atoms with van der Waals surface area (Å²) in [5.74, 6) is 2.51. The lowest BCUT2D eigenvalue weighted by molar-refractivity contribution is -0.122. The lowest BCUT2D eigenvalue weighted by Crippen LogP contribution is -2.49. The summed E-state index contributed by atoms with van der Waals surface area (Å²) in [6.07, 6.45) is 6.46. The molecule has 0 bridgehead atoms. The summed E-state index contributed by atoms with van der Waals surface area (Å²) in [4.78, 5) is 27.9. The number of unbranched alkanes of at least 4 members (excludes halogenated alkanes) is 2. The minimum atomic E-state index is 0.0130. The zero-order chi connectivity index (χ0) is 27.0. The zero-order valence-electron chi connectivity index (χ0n) is 23.1. The van der Waals surface area contributed by atoms with Crippen LogP contribution in [0.2, 0.25) is 0 Å². The van der Waals surface area contributed by atoms with Crippen LogP contribution in [0.15, 0.2) is 42.5 Å². The number of nitrogens with one attached hydrogen (secondary N) is 1. The quantitative estimate of drug-likeness (QED) is 0.288. The minimum Gasteiger partial charge on any atom is -0.497 e. The van der Waals surface area contributed by atoms with Crippen molar-refractivity contribution in [3.05, 3.63) is 53.6 Å². The second-order valence-electron chi connectivity index (χ2n) is 11.0. The Morgan fingerprint density at radius 3 is 2.45 bits per heavy atom. The van der Waals surface area contributed by atoms with Crippen molar-refractivity contribution in [2.45, 2.75) is 76.8 Å². The number of methoxy groups -OCH3 is 1. The molecule has 1 amide bonds. The number of likely N-dealkylation sites (tertiary alicyclic amines) is 1. The molecule has 1 saturated heterocycles. The fraction of sp³-hybridized carbons (Fsp3) is 0.548. The van der Waals surface area contributed by atoms with Gasteiger partial charge in [0.05, 0.1) is 7.11 Å². The topological polar surface area (TPSA) is 77.1 Å². The summed E-state index contributed by atoms with van der Waals surface area (Å²) < 4.78 is 16.6. The highest BCUT2D eigenvalue weighted by molar-refractivity contribution is 5.96. The van der Waals surface area contributed by atoms with E-state index < -0.39 is 0 Å². The van der Waals surface area contributed by atoms with Crippen LogP contribution in [0.4, 0.5) is 0 Å². The van der Waals surface area contributed by atoms with Gasteiger partial charge in [0.1, 0.15) is 19.0 Å². The number of hydrogen-bond donors (Lipinski definition) is 1. The molecule has 2 aromatic carbocycles. The van der Waals surface area contributed by atoms with Crippen LogP contribution in [0, 0.1) is 0 Å². The normalized spacial score (nSPS) is 17.1. The van der Waals surface area contributed by atoms with Gasteiger partial charge in [0, 0.05) is 36.5 Å². The first-order valence-electron chi connectivity index (χ1n) is 13.9. The van der Waals surface area contributed by atoms with Gasteiger partial charge in [-0.2, -0.15) is 0 Å². The van der Waals surface area contributed by atoms with E-state index in [1.165, 1.54) is 12.8 Å². The Bertz CT molecular complexity index is 1080. The predicted molar refractivity (Wildman–Crippen MR) is 148 cm³/mol. The number of carbonyl (C=O) groups excluding carboxylic acids is 2. The second kappa shape index (κ2) is 13.1. The third-order valence-electron chi connectivity index (χ3n) is 7.69. The fourth-order valence-electron chi connectivity index (χ4n) is 5.40. The molecule has 2 aromatic rings. The molecular formula is C31H42N2O5. The maximum Gasteiger partial charge on any atom is 0.220 e. The molecule has 2 heterocycles. The molecule has 7 heteroatoms. The molecule has 7 nitrogen and oxygen atoms in total. The molecule has 4 rings (SSSR count). The van der Waals surface area contributed by atoms with Crippen LogP contribution in [0.3, 0.4) is 0 Å². The van der Waals surface area contributed by atoms with Crippen molar-refractivity contribution < 1.29 is 23.8 Å². The van der Waals surface area contributed by atoms with Gasteiger partial charge in [-0.15, -0.1) is 0 Å². The molecule has 1 unspecified atom stereocenters. The molecule has 1 atom stereocenters. The van der Waals surface area contributed by atoms with E-state index in [1.807, 2.05) is 24.3 Å². The summed E-state index contributed by atoms with van der Waals surface area (Å²) in [5, 5.41) is 3.32. The van der Waals surface area contributed by atoms with Crippen LogP contribution in [-0.4, -0.2) is 61.6 Å². The maximum atomic E-state index is 12.9. The van der Waals surface area contributed by atoms with Crippen LogP contribution in [-0.2, 0) is 11.2 Å². The number of ether oxygens (including phenoxy) is 3. The smallest absolute Gasteiger partial charge is 0.220 e. The molecule has 0 aliphatic carbocycles. The van der Waals surface area contributed by atoms with Crippen molar-refractivity contribution in [1.29, 1.82) is 0 Å². The van der Waals surface area contributed by atoms with Gasteiger partial charge in [-0.3, -0.25) is 14.5 Å². The molecule has 2 aliphatic rings. The average molecular weight is 523 g/mol. The van der Waals surface area contributed by atoms with E-state index in [-0.39, 0.29) is 23.3 Å². The van der Waals surface area contributed by atoms with Crippen LogP contribution < -0.4 is 19.5 Å². The first-order valence-corrected chi connectivity index (χ1v) is 13.9. The monoisotopic (exact) mass is 522 g/mol. The molecule has 0 saturated carbocycles. The number of hydrogen-bond acceptors (Lipinski definition) is 6. The number of carbonyl (C=O) groups is 2. The zero-order valence-corrected chi connectivity index (χ0v) is 23.1. The lowest BCUT2D eigenvalue weighted by atomic mass is 9.99. The van der Waals surface area contributed by atoms with Crippen molar-refractivity contribution in [2.75, 3.05) is 33.4 Å². The van der Waals surface area contributed by atoms with Crippen molar-refractivity contribution in [1.82, 2.24) is 10.2 Å². The molecule has 1 fully saturated rings. The molecule has 0 aromatic heterocycles. The fourth-order valence-corrected chi connectivity index (χ4v) is 5.40. The van der Waals surface area contributed by atoms with Crippen LogP contribution in [0.25, 0.3) is 0 Å². The summed E-state index contributed by atoms with van der Waals surface area (Å²) in [6, 6.07) is 13.3. The van der Waals surface area contributed by atoms with E-state index in [0.29, 0.717) is 31.6 Å². The van der Waals surface area contributed by atoms with Gasteiger partial charge in [0.15, 0.2) is 17.3 Å². The summed E-state index contributed by atoms with van der Waals surface area (Å²) in [5.41, 5.74) is 1.98. The van der Waals surface area contributed by atoms with Gasteiger partial charge >= 0.3 is 0 Å². The largest absolute Gasteiger partial charge is 0.497 e. The highest BCUT2D eigenvalue weighted by Crippen LogP contribution is 2.32. The van der Waals surface area contributed by atoms with Gasteiger partial charge < -0.3 is 19.5 Å². The SMILES string of the molecule is COc1ccc(C(=O)CCCCCC(=O)NC(Cc2ccc3c(c2)OCCO3)CN2CCCC2(C)C)cc1. The third-order valence-corrected chi connectivity index (χ3v) is 7.69. The minimum absolute atomic E-state index is 0.0130. The Balaban J connectivity index is 1.26. The molecule has 2 aliphatic heterocycles. The van der Waals surface area contributed by atoms with Crippen molar-refractivity contribution in [3.8, 4) is 17.2 Å². The highest BCUT2D eigenvalue weighted by atomic mass is 16.6. The van der Waals surface area contributed by atoms with Crippen LogP contribution >= 0.6 is 0 Å². The van der Waals surface area contributed by atoms with E-state index >= 15 is 0 Å². The first kappa shape index (κ1) is 28.0. The third kappa shape index (κ3) is 7.73. The summed E-state index contributed by atoms with van der Waals surface area (Å²) >= 11 is 0. The van der Waals surface area contributed by atoms with Gasteiger partial charge in [0.25, 0.3) is 0 Å². The van der Waals surface area contributed by atoms with E-state index in [1.54, 1.807) is 19.2 Å². The van der Waals surface area contributed by atoms with Crippen LogP contribution in [0.1, 0.15) is 74.7 Å². The number of nitrogens with zero attached hydrogens (tertiary/aromatic N) is 1. The van der Waals surface area contributed by atoms with Crippen molar-refractivity contribution >= 4 is 11.7 Å². The number of rotatable bonds is 13. The highest BCUT2D eigenvalue weighted by Gasteiger charge is 2.33. The Morgan fingerprint density at radius 1 is 1.00 bits per heavy atom. The van der Waals surface area contributed by atoms with Gasteiger partial charge in [0.2, 0.25) is 5.91 Å². The molecule has 0 radical (unpaired) electrons. The predicted octanol–water partition coefficient (Wildman–Crippen LogP) is 5.20. The summed E-state index contributed by atoms with van der Waals surface area (Å²) in [7, 11) is 1.61. The maximum absolute atomic E-state index is 12.9. The number of ketones is 1. The molecule has 38 heavy (non-hydrogen) atoms. The van der Waals surface area contributed by atoms with Gasteiger partial charge in [-0.1, -0.05) is 12.5 Å². The van der Waals surface area contributed by atoms with E-state index in [2.05, 4.69) is 30.1 Å². The second-order valence-corrected chi connectivity index (χ2v) is 11.0. The van der Waals surface area contributed by atoms with E-state index in [4.69, 9.17) is 14.2 Å². The van der Waals surface area contributed by atoms with Crippen molar-refractivity contribution in [2.24, 2.45) is 0 Å². The Kier molecular flexibility index (Phi) is 9.67. The van der Waals surface area contributed by atoms with Gasteiger partial charge in [-0.05, 0) is 94.5 Å². The van der Waals surface area contributed by atoms with Crippen LogP contribution in [0.5, 0.6) is 17.2 Å². The van der Waals surface area contributed by atoms with Crippen molar-refractivity contribution in [3.63, 3.8) is 0 Å². The standard InChI is InChI=1S/C31H42N2O5/c1-31(2)16-7-17-33(31)22-25(20-23-10-15-28-29(21-23)38-19-18-37-28)32-30(35)9-6-4-5-8-27(34)24-11-13-26(36-3)14-12-24/h10-15,21,25H,4-9,16-20,22H2,1-3H3,(H,32,35). The Hall–Kier alpha value is -3.06. The molecular weight excluding hydrogens is 480 g/mol. The molecule has 0 spiro atoms. The average Bonchev–Trinajstić information content (AvgIpc) is 3.25. The number of benzene rings is 2. The summed E-state index contributed by atoms with van der Waals surface area (Å²) in [6.45, 7) is 7.59. The lowest BCUT2D eigenvalue weighted by Gasteiger charge is -2.35. The molecule has 206 valence electrons. The number of fused-ring (bicyclic) bond motifs is 1. The number of amides is 1. The van der Waals surface area contributed by atoms with Gasteiger partial charge in [-0.25, -0.2) is 0 Å². The van der Waals surface area contributed by atoms with E-state index in [0.717, 1.165) is 61.6 Å². The first-order chi connectivity index (χ1) is 18.3. The Labute approximate surface area is 226 Å². The molecule has 1 N–H and O–H groups in total. The van der Waals surface area contributed by atoms with E-state index in [9.17, 15) is 9.59 Å².